The largest absolute Gasteiger partial charge is 0.351 e. The fourth-order valence-corrected chi connectivity index (χ4v) is 2.67. The maximum atomic E-state index is 13.4. The summed E-state index contributed by atoms with van der Waals surface area (Å²) in [5.41, 5.74) is 1.08. The molecular weight excluding hydrogens is 258 g/mol. The highest BCUT2D eigenvalue weighted by molar-refractivity contribution is 5.81. The Morgan fingerprint density at radius 3 is 2.70 bits per heavy atom. The van der Waals surface area contributed by atoms with E-state index in [1.807, 2.05) is 18.5 Å². The van der Waals surface area contributed by atoms with Gasteiger partial charge < -0.3 is 4.57 Å². The number of hydrogen-bond acceptors (Lipinski definition) is 1. The van der Waals surface area contributed by atoms with Gasteiger partial charge in [-0.1, -0.05) is 12.8 Å². The minimum absolute atomic E-state index is 0.153. The van der Waals surface area contributed by atoms with Crippen molar-refractivity contribution in [3.8, 4) is 0 Å². The maximum absolute atomic E-state index is 13.4. The Morgan fingerprint density at radius 2 is 1.95 bits per heavy atom. The lowest BCUT2D eigenvalue weighted by atomic mass is 10.2. The van der Waals surface area contributed by atoms with Gasteiger partial charge in [0.25, 0.3) is 0 Å². The van der Waals surface area contributed by atoms with Crippen molar-refractivity contribution >= 4 is 11.9 Å². The van der Waals surface area contributed by atoms with Crippen LogP contribution in [0.2, 0.25) is 0 Å². The second-order valence-electron chi connectivity index (χ2n) is 5.18. The van der Waals surface area contributed by atoms with Crippen molar-refractivity contribution in [3.05, 3.63) is 53.9 Å². The summed E-state index contributed by atoms with van der Waals surface area (Å²) in [6.07, 6.45) is 10.7. The monoisotopic (exact) mass is 274 g/mol. The van der Waals surface area contributed by atoms with Crippen LogP contribution in [0.1, 0.15) is 37.3 Å². The summed E-state index contributed by atoms with van der Waals surface area (Å²) in [7, 11) is 0. The minimum atomic E-state index is -0.642. The highest BCUT2D eigenvalue weighted by Crippen LogP contribution is 2.29. The number of halogens is 2. The Bertz CT molecular complexity index is 625. The second kappa shape index (κ2) is 5.57. The lowest BCUT2D eigenvalue weighted by Gasteiger charge is -2.10. The molecule has 1 fully saturated rings. The van der Waals surface area contributed by atoms with Gasteiger partial charge in [-0.05, 0) is 31.0 Å². The van der Waals surface area contributed by atoms with Crippen LogP contribution in [-0.4, -0.2) is 10.8 Å². The van der Waals surface area contributed by atoms with Crippen molar-refractivity contribution in [2.24, 2.45) is 4.99 Å². The summed E-state index contributed by atoms with van der Waals surface area (Å²) in [6, 6.07) is 5.94. The molecule has 2 nitrogen and oxygen atoms in total. The molecule has 0 N–H and O–H groups in total. The van der Waals surface area contributed by atoms with Crippen LogP contribution < -0.4 is 0 Å². The Balaban J connectivity index is 1.75. The standard InChI is InChI=1S/C16H16F2N2/c17-13-5-6-16(15(18)9-13)19-10-12-7-8-20(11-12)14-3-1-2-4-14/h5-11,14H,1-4H2. The highest BCUT2D eigenvalue weighted by Gasteiger charge is 2.15. The van der Waals surface area contributed by atoms with Crippen molar-refractivity contribution in [1.82, 2.24) is 4.57 Å². The third-order valence-electron chi connectivity index (χ3n) is 3.75. The molecule has 1 heterocycles. The SMILES string of the molecule is Fc1ccc(N=Cc2ccn(C3CCCC3)c2)c(F)c1. The molecule has 0 saturated heterocycles. The zero-order valence-corrected chi connectivity index (χ0v) is 11.1. The third-order valence-corrected chi connectivity index (χ3v) is 3.75. The first-order chi connectivity index (χ1) is 9.72. The molecule has 0 radical (unpaired) electrons. The molecule has 2 aromatic rings. The minimum Gasteiger partial charge on any atom is -0.351 e. The molecule has 0 unspecified atom stereocenters. The molecule has 0 bridgehead atoms. The first-order valence-corrected chi connectivity index (χ1v) is 6.89. The van der Waals surface area contributed by atoms with Crippen LogP contribution in [0, 0.1) is 11.6 Å². The van der Waals surface area contributed by atoms with Gasteiger partial charge in [0, 0.05) is 36.3 Å². The number of rotatable bonds is 3. The van der Waals surface area contributed by atoms with Crippen LogP contribution in [-0.2, 0) is 0 Å². The van der Waals surface area contributed by atoms with Crippen LogP contribution >= 0.6 is 0 Å². The molecule has 0 atom stereocenters. The highest BCUT2D eigenvalue weighted by atomic mass is 19.1. The van der Waals surface area contributed by atoms with Crippen LogP contribution in [0.15, 0.2) is 41.7 Å². The van der Waals surface area contributed by atoms with E-state index in [4.69, 9.17) is 0 Å². The molecule has 4 heteroatoms. The van der Waals surface area contributed by atoms with E-state index in [1.165, 1.54) is 37.8 Å². The van der Waals surface area contributed by atoms with E-state index in [-0.39, 0.29) is 5.69 Å². The molecule has 104 valence electrons. The summed E-state index contributed by atoms with van der Waals surface area (Å²) in [5.74, 6) is -1.23. The lowest BCUT2D eigenvalue weighted by Crippen LogP contribution is -2.00. The zero-order valence-electron chi connectivity index (χ0n) is 11.1. The first kappa shape index (κ1) is 13.0. The topological polar surface area (TPSA) is 17.3 Å². The molecule has 0 amide bonds. The molecular formula is C16H16F2N2. The predicted molar refractivity (Wildman–Crippen MR) is 75.5 cm³/mol. The van der Waals surface area contributed by atoms with Crippen LogP contribution in [0.3, 0.4) is 0 Å². The Kier molecular flexibility index (Phi) is 3.63. The summed E-state index contributed by atoms with van der Waals surface area (Å²) >= 11 is 0. The van der Waals surface area contributed by atoms with Crippen molar-refractivity contribution < 1.29 is 8.78 Å². The van der Waals surface area contributed by atoms with Crippen LogP contribution in [0.25, 0.3) is 0 Å². The van der Waals surface area contributed by atoms with E-state index >= 15 is 0 Å². The van der Waals surface area contributed by atoms with Gasteiger partial charge in [0.05, 0.1) is 5.69 Å². The number of aliphatic imine (C=N–C) groups is 1. The van der Waals surface area contributed by atoms with Gasteiger partial charge >= 0.3 is 0 Å². The second-order valence-corrected chi connectivity index (χ2v) is 5.18. The number of benzene rings is 1. The average Bonchev–Trinajstić information content (AvgIpc) is 3.08. The van der Waals surface area contributed by atoms with E-state index in [9.17, 15) is 8.78 Å². The Labute approximate surface area is 116 Å². The number of aromatic nitrogens is 1. The molecule has 1 aromatic heterocycles. The lowest BCUT2D eigenvalue weighted by molar-refractivity contribution is 0.521. The molecule has 0 spiro atoms. The van der Waals surface area contributed by atoms with Crippen molar-refractivity contribution in [2.45, 2.75) is 31.7 Å². The van der Waals surface area contributed by atoms with Gasteiger partial charge in [0.2, 0.25) is 0 Å². The summed E-state index contributed by atoms with van der Waals surface area (Å²) < 4.78 is 28.4. The fourth-order valence-electron chi connectivity index (χ4n) is 2.67. The maximum Gasteiger partial charge on any atom is 0.151 e. The quantitative estimate of drug-likeness (QED) is 0.726. The smallest absolute Gasteiger partial charge is 0.151 e. The molecule has 3 rings (SSSR count). The van der Waals surface area contributed by atoms with Gasteiger partial charge in [-0.15, -0.1) is 0 Å². The van der Waals surface area contributed by atoms with E-state index < -0.39 is 11.6 Å². The first-order valence-electron chi connectivity index (χ1n) is 6.89. The van der Waals surface area contributed by atoms with Gasteiger partial charge in [0.1, 0.15) is 5.82 Å². The summed E-state index contributed by atoms with van der Waals surface area (Å²) in [6.45, 7) is 0. The zero-order chi connectivity index (χ0) is 13.9. The Morgan fingerprint density at radius 1 is 1.15 bits per heavy atom. The predicted octanol–water partition coefficient (Wildman–Crippen LogP) is 4.63. The summed E-state index contributed by atoms with van der Waals surface area (Å²) in [5, 5.41) is 0. The molecule has 1 aromatic carbocycles. The van der Waals surface area contributed by atoms with Gasteiger partial charge in [0.15, 0.2) is 5.82 Å². The van der Waals surface area contributed by atoms with E-state index in [1.54, 1.807) is 6.21 Å². The van der Waals surface area contributed by atoms with Crippen molar-refractivity contribution in [2.75, 3.05) is 0 Å². The third kappa shape index (κ3) is 2.79. The van der Waals surface area contributed by atoms with Gasteiger partial charge in [-0.3, -0.25) is 4.99 Å². The van der Waals surface area contributed by atoms with Crippen molar-refractivity contribution in [1.29, 1.82) is 0 Å². The van der Waals surface area contributed by atoms with Gasteiger partial charge in [-0.25, -0.2) is 8.78 Å². The molecule has 1 aliphatic carbocycles. The number of hydrogen-bond donors (Lipinski definition) is 0. The molecule has 1 saturated carbocycles. The summed E-state index contributed by atoms with van der Waals surface area (Å²) in [4.78, 5) is 4.08. The molecule has 0 aliphatic heterocycles. The molecule has 20 heavy (non-hydrogen) atoms. The normalized spacial score (nSPS) is 16.3. The van der Waals surface area contributed by atoms with E-state index in [0.717, 1.165) is 11.6 Å². The fraction of sp³-hybridized carbons (Fsp3) is 0.312. The van der Waals surface area contributed by atoms with E-state index in [0.29, 0.717) is 6.04 Å². The average molecular weight is 274 g/mol. The van der Waals surface area contributed by atoms with Gasteiger partial charge in [-0.2, -0.15) is 0 Å². The molecule has 1 aliphatic rings. The van der Waals surface area contributed by atoms with Crippen molar-refractivity contribution in [3.63, 3.8) is 0 Å². The number of nitrogens with zero attached hydrogens (tertiary/aromatic N) is 2. The Hall–Kier alpha value is -1.97. The van der Waals surface area contributed by atoms with Crippen LogP contribution in [0.4, 0.5) is 14.5 Å². The van der Waals surface area contributed by atoms with E-state index in [2.05, 4.69) is 9.56 Å². The van der Waals surface area contributed by atoms with Crippen LogP contribution in [0.5, 0.6) is 0 Å².